The molecule has 1 aliphatic rings. The van der Waals surface area contributed by atoms with Crippen molar-refractivity contribution in [3.63, 3.8) is 0 Å². The molecule has 0 bridgehead atoms. The van der Waals surface area contributed by atoms with Crippen LogP contribution in [0.5, 0.6) is 11.6 Å². The van der Waals surface area contributed by atoms with Gasteiger partial charge < -0.3 is 14.0 Å². The number of sulfone groups is 1. The number of rotatable bonds is 10. The van der Waals surface area contributed by atoms with E-state index in [9.17, 15) is 8.42 Å². The zero-order valence-electron chi connectivity index (χ0n) is 20.9. The second-order valence-electron chi connectivity index (χ2n) is 9.72. The summed E-state index contributed by atoms with van der Waals surface area (Å²) in [6, 6.07) is 9.32. The molecule has 3 heterocycles. The molecule has 1 aliphatic carbocycles. The molecule has 3 aromatic heterocycles. The predicted molar refractivity (Wildman–Crippen MR) is 142 cm³/mol. The maximum atomic E-state index is 11.3. The highest BCUT2D eigenvalue weighted by atomic mass is 35.5. The first kappa shape index (κ1) is 25.4. The molecule has 11 heteroatoms. The van der Waals surface area contributed by atoms with Crippen LogP contribution in [0.4, 0.5) is 0 Å². The van der Waals surface area contributed by atoms with Gasteiger partial charge in [-0.2, -0.15) is 4.98 Å². The third-order valence-electron chi connectivity index (χ3n) is 6.20. The lowest BCUT2D eigenvalue weighted by molar-refractivity contribution is 0.194. The van der Waals surface area contributed by atoms with E-state index in [1.54, 1.807) is 18.3 Å². The molecular weight excluding hydrogens is 514 g/mol. The summed E-state index contributed by atoms with van der Waals surface area (Å²) < 4.78 is 36.6. The zero-order chi connectivity index (χ0) is 26.2. The van der Waals surface area contributed by atoms with Gasteiger partial charge in [-0.15, -0.1) is 0 Å². The Hall–Kier alpha value is -3.24. The van der Waals surface area contributed by atoms with Gasteiger partial charge in [-0.3, -0.25) is 4.98 Å². The number of halogens is 1. The van der Waals surface area contributed by atoms with Crippen LogP contribution in [0.25, 0.3) is 22.6 Å². The van der Waals surface area contributed by atoms with E-state index >= 15 is 0 Å². The lowest BCUT2D eigenvalue weighted by Gasteiger charge is -2.12. The highest BCUT2D eigenvalue weighted by Crippen LogP contribution is 2.41. The fourth-order valence-electron chi connectivity index (χ4n) is 3.98. The fraction of sp³-hybridized carbons (Fsp3) is 0.385. The monoisotopic (exact) mass is 541 g/mol. The van der Waals surface area contributed by atoms with Crippen molar-refractivity contribution in [1.82, 2.24) is 24.5 Å². The number of imidazole rings is 1. The van der Waals surface area contributed by atoms with Crippen LogP contribution >= 0.6 is 11.6 Å². The average molecular weight is 542 g/mol. The van der Waals surface area contributed by atoms with Gasteiger partial charge in [0.15, 0.2) is 11.2 Å². The summed E-state index contributed by atoms with van der Waals surface area (Å²) in [5.41, 5.74) is 3.63. The summed E-state index contributed by atoms with van der Waals surface area (Å²) >= 11 is 6.72. The average Bonchev–Trinajstić information content (AvgIpc) is 3.45. The molecule has 9 nitrogen and oxygen atoms in total. The van der Waals surface area contributed by atoms with Crippen molar-refractivity contribution in [1.29, 1.82) is 0 Å². The van der Waals surface area contributed by atoms with Crippen LogP contribution in [0.3, 0.4) is 0 Å². The largest absolute Gasteiger partial charge is 0.494 e. The number of ether oxygens (including phenoxy) is 2. The van der Waals surface area contributed by atoms with Crippen molar-refractivity contribution >= 4 is 32.6 Å². The maximum absolute atomic E-state index is 11.3. The highest BCUT2D eigenvalue weighted by molar-refractivity contribution is 7.90. The first-order chi connectivity index (χ1) is 17.6. The van der Waals surface area contributed by atoms with E-state index in [0.717, 1.165) is 24.1 Å². The number of hydrogen-bond donors (Lipinski definition) is 0. The Bertz CT molecular complexity index is 1570. The Morgan fingerprint density at radius 3 is 2.65 bits per heavy atom. The second kappa shape index (κ2) is 9.90. The lowest BCUT2D eigenvalue weighted by Crippen LogP contribution is -2.13. The van der Waals surface area contributed by atoms with E-state index in [1.165, 1.54) is 12.6 Å². The molecule has 5 rings (SSSR count). The minimum absolute atomic E-state index is 0.0698. The smallest absolute Gasteiger partial charge is 0.245 e. The molecular formula is C26H28ClN5O4S. The standard InChI is InChI=1S/C26H28ClN5O4S/c1-17-7-10-28-18(13-17)15-32-23(31-22-24(32)29-16-30-25(22)36-26(2)8-9-26)20-6-5-19(14-21(20)27)35-11-4-12-37(3,33)34/h5-7,10,13-14,16H,4,8-9,11-12,15H2,1-3H3. The molecule has 0 saturated heterocycles. The molecule has 0 N–H and O–H groups in total. The number of nitrogens with zero attached hydrogens (tertiary/aromatic N) is 5. The molecule has 0 aliphatic heterocycles. The number of aromatic nitrogens is 5. The number of pyridine rings is 1. The molecule has 0 amide bonds. The molecule has 0 atom stereocenters. The summed E-state index contributed by atoms with van der Waals surface area (Å²) in [4.78, 5) is 18.3. The second-order valence-corrected chi connectivity index (χ2v) is 12.4. The number of fused-ring (bicyclic) bond motifs is 1. The van der Waals surface area contributed by atoms with E-state index < -0.39 is 9.84 Å². The van der Waals surface area contributed by atoms with E-state index in [-0.39, 0.29) is 18.0 Å². The molecule has 1 aromatic carbocycles. The Morgan fingerprint density at radius 2 is 1.95 bits per heavy atom. The zero-order valence-corrected chi connectivity index (χ0v) is 22.5. The summed E-state index contributed by atoms with van der Waals surface area (Å²) in [5, 5.41) is 0.443. The van der Waals surface area contributed by atoms with Crippen molar-refractivity contribution in [3.05, 3.63) is 59.1 Å². The van der Waals surface area contributed by atoms with Crippen LogP contribution in [0, 0.1) is 6.92 Å². The molecule has 0 unspecified atom stereocenters. The Kier molecular flexibility index (Phi) is 6.80. The van der Waals surface area contributed by atoms with Crippen LogP contribution in [0.1, 0.15) is 37.4 Å². The maximum Gasteiger partial charge on any atom is 0.245 e. The van der Waals surface area contributed by atoms with Crippen LogP contribution < -0.4 is 9.47 Å². The SMILES string of the molecule is Cc1ccnc(Cn2c(-c3ccc(OCCCS(C)(=O)=O)cc3Cl)nc3c(OC4(C)CC4)ncnc32)c1. The first-order valence-electron chi connectivity index (χ1n) is 12.0. The normalized spacial score (nSPS) is 14.6. The van der Waals surface area contributed by atoms with E-state index in [2.05, 4.69) is 21.9 Å². The first-order valence-corrected chi connectivity index (χ1v) is 14.5. The Balaban J connectivity index is 1.51. The van der Waals surface area contributed by atoms with E-state index in [0.29, 0.717) is 52.2 Å². The number of benzene rings is 1. The van der Waals surface area contributed by atoms with Gasteiger partial charge in [-0.25, -0.2) is 18.4 Å². The summed E-state index contributed by atoms with van der Waals surface area (Å²) in [7, 11) is -3.03. The topological polar surface area (TPSA) is 109 Å². The van der Waals surface area contributed by atoms with Gasteiger partial charge in [0.25, 0.3) is 0 Å². The number of hydrogen-bond acceptors (Lipinski definition) is 8. The fourth-order valence-corrected chi connectivity index (χ4v) is 4.88. The minimum Gasteiger partial charge on any atom is -0.494 e. The lowest BCUT2D eigenvalue weighted by atomic mass is 10.2. The third-order valence-corrected chi connectivity index (χ3v) is 7.54. The molecule has 4 aromatic rings. The van der Waals surface area contributed by atoms with Crippen molar-refractivity contribution in [2.24, 2.45) is 0 Å². The molecule has 0 radical (unpaired) electrons. The van der Waals surface area contributed by atoms with Crippen LogP contribution in [0.15, 0.2) is 42.9 Å². The van der Waals surface area contributed by atoms with Gasteiger partial charge in [0.05, 0.1) is 29.6 Å². The van der Waals surface area contributed by atoms with Gasteiger partial charge >= 0.3 is 0 Å². The van der Waals surface area contributed by atoms with Crippen LogP contribution in [-0.2, 0) is 16.4 Å². The van der Waals surface area contributed by atoms with Gasteiger partial charge in [0.2, 0.25) is 5.88 Å². The third kappa shape index (κ3) is 6.02. The van der Waals surface area contributed by atoms with Crippen LogP contribution in [-0.4, -0.2) is 57.1 Å². The van der Waals surface area contributed by atoms with E-state index in [1.807, 2.05) is 29.7 Å². The Labute approximate surface area is 220 Å². The quantitative estimate of drug-likeness (QED) is 0.267. The van der Waals surface area contributed by atoms with Crippen molar-refractivity contribution < 1.29 is 17.9 Å². The summed E-state index contributed by atoms with van der Waals surface area (Å²) in [6.07, 6.45) is 6.82. The van der Waals surface area contributed by atoms with Crippen LogP contribution in [0.2, 0.25) is 5.02 Å². The van der Waals surface area contributed by atoms with Crippen molar-refractivity contribution in [2.45, 2.75) is 45.3 Å². The minimum atomic E-state index is -3.03. The predicted octanol–water partition coefficient (Wildman–Crippen LogP) is 4.64. The Morgan fingerprint density at radius 1 is 1.14 bits per heavy atom. The summed E-state index contributed by atoms with van der Waals surface area (Å²) in [5.74, 6) is 1.68. The molecule has 0 spiro atoms. The van der Waals surface area contributed by atoms with Crippen molar-refractivity contribution in [3.8, 4) is 23.0 Å². The van der Waals surface area contributed by atoms with E-state index in [4.69, 9.17) is 26.1 Å². The number of aryl methyl sites for hydroxylation is 1. The highest BCUT2D eigenvalue weighted by Gasteiger charge is 2.41. The van der Waals surface area contributed by atoms with Gasteiger partial charge in [-0.1, -0.05) is 11.6 Å². The molecule has 37 heavy (non-hydrogen) atoms. The summed E-state index contributed by atoms with van der Waals surface area (Å²) in [6.45, 7) is 4.78. The van der Waals surface area contributed by atoms with Crippen molar-refractivity contribution in [2.75, 3.05) is 18.6 Å². The molecule has 194 valence electrons. The van der Waals surface area contributed by atoms with Gasteiger partial charge in [0, 0.05) is 18.0 Å². The van der Waals surface area contributed by atoms with Gasteiger partial charge in [-0.05, 0) is 69.0 Å². The molecule has 1 fully saturated rings. The molecule has 1 saturated carbocycles. The van der Waals surface area contributed by atoms with Gasteiger partial charge in [0.1, 0.15) is 33.3 Å².